The largest absolute Gasteiger partial charge is 0.379 e. The first-order valence-electron chi connectivity index (χ1n) is 5.20. The van der Waals surface area contributed by atoms with Gasteiger partial charge in [-0.05, 0) is 34.7 Å². The molecule has 1 aliphatic rings. The van der Waals surface area contributed by atoms with Crippen molar-refractivity contribution in [2.75, 3.05) is 31.7 Å². The molecule has 6 nitrogen and oxygen atoms in total. The first kappa shape index (κ1) is 12.5. The number of benzene rings is 1. The van der Waals surface area contributed by atoms with Crippen LogP contribution in [0.5, 0.6) is 0 Å². The van der Waals surface area contributed by atoms with Gasteiger partial charge in [-0.1, -0.05) is 0 Å². The quantitative estimate of drug-likeness (QED) is 0.513. The monoisotopic (exact) mass is 349 g/mol. The SMILES string of the molecule is O=[N+]([O-])c1cc(I)ccc1NN1CCOCC1. The zero-order valence-electron chi connectivity index (χ0n) is 9.06. The highest BCUT2D eigenvalue weighted by Gasteiger charge is 2.17. The average molecular weight is 349 g/mol. The minimum Gasteiger partial charge on any atom is -0.379 e. The van der Waals surface area contributed by atoms with Crippen LogP contribution in [0.2, 0.25) is 0 Å². The Morgan fingerprint density at radius 3 is 2.76 bits per heavy atom. The van der Waals surface area contributed by atoms with Crippen LogP contribution in [0.4, 0.5) is 11.4 Å². The zero-order chi connectivity index (χ0) is 12.3. The molecule has 92 valence electrons. The van der Waals surface area contributed by atoms with E-state index in [2.05, 4.69) is 28.0 Å². The Bertz CT molecular complexity index is 421. The number of nitro groups is 1. The first-order chi connectivity index (χ1) is 8.16. The van der Waals surface area contributed by atoms with Crippen molar-refractivity contribution in [1.29, 1.82) is 0 Å². The van der Waals surface area contributed by atoms with Gasteiger partial charge < -0.3 is 10.2 Å². The molecule has 1 aliphatic heterocycles. The molecule has 0 bridgehead atoms. The summed E-state index contributed by atoms with van der Waals surface area (Å²) in [6.07, 6.45) is 0. The van der Waals surface area contributed by atoms with E-state index in [1.807, 2.05) is 11.1 Å². The third-order valence-electron chi connectivity index (χ3n) is 2.45. The second-order valence-corrected chi connectivity index (χ2v) is 4.88. The van der Waals surface area contributed by atoms with E-state index in [-0.39, 0.29) is 10.6 Å². The molecule has 0 saturated carbocycles. The topological polar surface area (TPSA) is 67.6 Å². The van der Waals surface area contributed by atoms with Crippen molar-refractivity contribution in [2.24, 2.45) is 0 Å². The number of hydrogen-bond acceptors (Lipinski definition) is 5. The van der Waals surface area contributed by atoms with Crippen LogP contribution >= 0.6 is 22.6 Å². The van der Waals surface area contributed by atoms with Crippen molar-refractivity contribution in [3.05, 3.63) is 31.9 Å². The molecule has 1 aromatic carbocycles. The number of hydrogen-bond donors (Lipinski definition) is 1. The van der Waals surface area contributed by atoms with Crippen LogP contribution in [0, 0.1) is 13.7 Å². The van der Waals surface area contributed by atoms with Gasteiger partial charge in [-0.3, -0.25) is 10.1 Å². The van der Waals surface area contributed by atoms with Gasteiger partial charge in [0.2, 0.25) is 0 Å². The second kappa shape index (κ2) is 5.61. The maximum absolute atomic E-state index is 10.9. The number of morpholine rings is 1. The highest BCUT2D eigenvalue weighted by molar-refractivity contribution is 14.1. The van der Waals surface area contributed by atoms with Crippen molar-refractivity contribution >= 4 is 34.0 Å². The molecule has 1 aromatic rings. The molecule has 0 atom stereocenters. The van der Waals surface area contributed by atoms with Crippen LogP contribution in [0.1, 0.15) is 0 Å². The van der Waals surface area contributed by atoms with E-state index in [0.29, 0.717) is 18.9 Å². The molecule has 1 heterocycles. The predicted molar refractivity (Wildman–Crippen MR) is 71.8 cm³/mol. The van der Waals surface area contributed by atoms with Gasteiger partial charge in [-0.15, -0.1) is 0 Å². The van der Waals surface area contributed by atoms with Gasteiger partial charge in [0.05, 0.1) is 18.1 Å². The Hall–Kier alpha value is -0.930. The number of halogens is 1. The highest BCUT2D eigenvalue weighted by Crippen LogP contribution is 2.26. The molecule has 2 rings (SSSR count). The maximum Gasteiger partial charge on any atom is 0.294 e. The average Bonchev–Trinajstić information content (AvgIpc) is 2.32. The van der Waals surface area contributed by atoms with Crippen LogP contribution < -0.4 is 5.43 Å². The molecule has 0 amide bonds. The number of nitrogens with one attached hydrogen (secondary N) is 1. The Labute approximate surface area is 112 Å². The zero-order valence-corrected chi connectivity index (χ0v) is 11.2. The van der Waals surface area contributed by atoms with E-state index in [1.165, 1.54) is 0 Å². The molecule has 17 heavy (non-hydrogen) atoms. The van der Waals surface area contributed by atoms with Crippen LogP contribution in [0.25, 0.3) is 0 Å². The molecular weight excluding hydrogens is 337 g/mol. The fourth-order valence-corrected chi connectivity index (χ4v) is 2.07. The first-order valence-corrected chi connectivity index (χ1v) is 6.28. The number of ether oxygens (including phenoxy) is 1. The minimum atomic E-state index is -0.370. The molecular formula is C10H12IN3O3. The number of nitrogens with zero attached hydrogens (tertiary/aromatic N) is 2. The maximum atomic E-state index is 10.9. The van der Waals surface area contributed by atoms with Crippen LogP contribution in [-0.4, -0.2) is 36.2 Å². The van der Waals surface area contributed by atoms with E-state index in [4.69, 9.17) is 4.74 Å². The lowest BCUT2D eigenvalue weighted by Crippen LogP contribution is -2.40. The minimum absolute atomic E-state index is 0.100. The van der Waals surface area contributed by atoms with Gasteiger partial charge in [0.25, 0.3) is 5.69 Å². The molecule has 1 N–H and O–H groups in total. The van der Waals surface area contributed by atoms with E-state index >= 15 is 0 Å². The summed E-state index contributed by atoms with van der Waals surface area (Å²) in [6, 6.07) is 5.13. The summed E-state index contributed by atoms with van der Waals surface area (Å²) in [5.41, 5.74) is 3.69. The van der Waals surface area contributed by atoms with Gasteiger partial charge in [-0.2, -0.15) is 0 Å². The summed E-state index contributed by atoms with van der Waals surface area (Å²) < 4.78 is 6.07. The molecule has 1 saturated heterocycles. The van der Waals surface area contributed by atoms with Crippen molar-refractivity contribution in [3.8, 4) is 0 Å². The molecule has 0 radical (unpaired) electrons. The summed E-state index contributed by atoms with van der Waals surface area (Å²) in [4.78, 5) is 10.6. The lowest BCUT2D eigenvalue weighted by molar-refractivity contribution is -0.384. The molecule has 1 fully saturated rings. The van der Waals surface area contributed by atoms with Crippen molar-refractivity contribution in [3.63, 3.8) is 0 Å². The van der Waals surface area contributed by atoms with Gasteiger partial charge in [0.1, 0.15) is 5.69 Å². The predicted octanol–water partition coefficient (Wildman–Crippen LogP) is 1.86. The molecule has 0 aromatic heterocycles. The molecule has 0 spiro atoms. The normalized spacial score (nSPS) is 16.8. The van der Waals surface area contributed by atoms with E-state index < -0.39 is 0 Å². The summed E-state index contributed by atoms with van der Waals surface area (Å²) >= 11 is 2.06. The van der Waals surface area contributed by atoms with Gasteiger partial charge in [-0.25, -0.2) is 5.01 Å². The Morgan fingerprint density at radius 2 is 2.12 bits per heavy atom. The van der Waals surface area contributed by atoms with Gasteiger partial charge >= 0.3 is 0 Å². The van der Waals surface area contributed by atoms with Crippen LogP contribution in [0.15, 0.2) is 18.2 Å². The van der Waals surface area contributed by atoms with Crippen molar-refractivity contribution in [1.82, 2.24) is 5.01 Å². The van der Waals surface area contributed by atoms with Crippen LogP contribution in [-0.2, 0) is 4.74 Å². The molecule has 0 aliphatic carbocycles. The van der Waals surface area contributed by atoms with E-state index in [9.17, 15) is 10.1 Å². The lowest BCUT2D eigenvalue weighted by Gasteiger charge is -2.27. The highest BCUT2D eigenvalue weighted by atomic mass is 127. The number of rotatable bonds is 3. The third-order valence-corrected chi connectivity index (χ3v) is 3.12. The smallest absolute Gasteiger partial charge is 0.294 e. The Morgan fingerprint density at radius 1 is 1.41 bits per heavy atom. The van der Waals surface area contributed by atoms with Crippen LogP contribution in [0.3, 0.4) is 0 Å². The fourth-order valence-electron chi connectivity index (χ4n) is 1.60. The third kappa shape index (κ3) is 3.27. The number of nitro benzene ring substituents is 1. The van der Waals surface area contributed by atoms with E-state index in [0.717, 1.165) is 16.7 Å². The summed E-state index contributed by atoms with van der Waals surface area (Å²) in [6.45, 7) is 2.74. The van der Waals surface area contributed by atoms with E-state index in [1.54, 1.807) is 12.1 Å². The fraction of sp³-hybridized carbons (Fsp3) is 0.400. The van der Waals surface area contributed by atoms with Crippen molar-refractivity contribution < 1.29 is 9.66 Å². The Kier molecular flexibility index (Phi) is 4.13. The standard InChI is InChI=1S/C10H12IN3O3/c11-8-1-2-9(10(7-8)14(15)16)12-13-3-5-17-6-4-13/h1-2,7,12H,3-6H2. The van der Waals surface area contributed by atoms with Crippen molar-refractivity contribution in [2.45, 2.75) is 0 Å². The Balaban J connectivity index is 2.16. The van der Waals surface area contributed by atoms with Gasteiger partial charge in [0.15, 0.2) is 0 Å². The van der Waals surface area contributed by atoms with Gasteiger partial charge in [0, 0.05) is 22.7 Å². The lowest BCUT2D eigenvalue weighted by atomic mass is 10.3. The summed E-state index contributed by atoms with van der Waals surface area (Å²) in [5.74, 6) is 0. The molecule has 0 unspecified atom stereocenters. The molecule has 7 heteroatoms. The summed E-state index contributed by atoms with van der Waals surface area (Å²) in [7, 11) is 0. The number of anilines is 1. The number of hydrazine groups is 1. The summed E-state index contributed by atoms with van der Waals surface area (Å²) in [5, 5.41) is 12.9. The second-order valence-electron chi connectivity index (χ2n) is 3.63.